The first-order valence-corrected chi connectivity index (χ1v) is 8.29. The molecule has 6 heteroatoms. The van der Waals surface area contributed by atoms with Crippen molar-refractivity contribution in [3.63, 3.8) is 0 Å². The SMILES string of the molecule is CCn1c(SCCCC(C)=O)nnc1-c1ccc(Cl)cc1. The van der Waals surface area contributed by atoms with Gasteiger partial charge in [0, 0.05) is 29.3 Å². The van der Waals surface area contributed by atoms with Gasteiger partial charge in [-0.2, -0.15) is 0 Å². The first-order chi connectivity index (χ1) is 10.1. The van der Waals surface area contributed by atoms with Crippen LogP contribution in [0.15, 0.2) is 29.4 Å². The molecule has 0 saturated carbocycles. The number of thioether (sulfide) groups is 1. The van der Waals surface area contributed by atoms with E-state index in [-0.39, 0.29) is 5.78 Å². The Hall–Kier alpha value is -1.33. The third kappa shape index (κ3) is 4.32. The van der Waals surface area contributed by atoms with Crippen molar-refractivity contribution in [2.75, 3.05) is 5.75 Å². The maximum atomic E-state index is 10.9. The van der Waals surface area contributed by atoms with Crippen molar-refractivity contribution in [3.8, 4) is 11.4 Å². The molecule has 4 nitrogen and oxygen atoms in total. The molecule has 0 N–H and O–H groups in total. The number of hydrogen-bond donors (Lipinski definition) is 0. The highest BCUT2D eigenvalue weighted by Crippen LogP contribution is 2.25. The lowest BCUT2D eigenvalue weighted by atomic mass is 10.2. The quantitative estimate of drug-likeness (QED) is 0.569. The third-order valence-electron chi connectivity index (χ3n) is 3.04. The van der Waals surface area contributed by atoms with E-state index in [1.165, 1.54) is 0 Å². The Labute approximate surface area is 133 Å². The largest absolute Gasteiger partial charge is 0.302 e. The molecule has 21 heavy (non-hydrogen) atoms. The number of ketones is 1. The molecule has 1 aromatic heterocycles. The van der Waals surface area contributed by atoms with E-state index in [0.29, 0.717) is 11.4 Å². The lowest BCUT2D eigenvalue weighted by molar-refractivity contribution is -0.117. The van der Waals surface area contributed by atoms with Crippen LogP contribution in [0.2, 0.25) is 5.02 Å². The molecular formula is C15H18ClN3OS. The zero-order chi connectivity index (χ0) is 15.2. The van der Waals surface area contributed by atoms with Crippen LogP contribution < -0.4 is 0 Å². The van der Waals surface area contributed by atoms with E-state index < -0.39 is 0 Å². The minimum Gasteiger partial charge on any atom is -0.302 e. The zero-order valence-electron chi connectivity index (χ0n) is 12.2. The van der Waals surface area contributed by atoms with Crippen molar-refractivity contribution in [2.24, 2.45) is 0 Å². The maximum Gasteiger partial charge on any atom is 0.191 e. The number of halogens is 1. The smallest absolute Gasteiger partial charge is 0.191 e. The second-order valence-corrected chi connectivity index (χ2v) is 6.21. The van der Waals surface area contributed by atoms with Crippen LogP contribution in [-0.2, 0) is 11.3 Å². The molecule has 1 aromatic carbocycles. The molecule has 112 valence electrons. The average molecular weight is 324 g/mol. The van der Waals surface area contributed by atoms with E-state index >= 15 is 0 Å². The Balaban J connectivity index is 2.10. The summed E-state index contributed by atoms with van der Waals surface area (Å²) in [6, 6.07) is 7.60. The molecule has 0 saturated heterocycles. The fraction of sp³-hybridized carbons (Fsp3) is 0.400. The van der Waals surface area contributed by atoms with Crippen LogP contribution in [0.25, 0.3) is 11.4 Å². The number of carbonyl (C=O) groups excluding carboxylic acids is 1. The van der Waals surface area contributed by atoms with Crippen molar-refractivity contribution in [1.82, 2.24) is 14.8 Å². The Morgan fingerprint density at radius 1 is 1.29 bits per heavy atom. The molecular weight excluding hydrogens is 306 g/mol. The van der Waals surface area contributed by atoms with Gasteiger partial charge in [-0.05, 0) is 44.5 Å². The van der Waals surface area contributed by atoms with Gasteiger partial charge in [0.05, 0.1) is 0 Å². The number of benzene rings is 1. The Kier molecular flexibility index (Phi) is 5.82. The number of rotatable bonds is 7. The summed E-state index contributed by atoms with van der Waals surface area (Å²) in [5, 5.41) is 10.1. The van der Waals surface area contributed by atoms with Gasteiger partial charge in [0.1, 0.15) is 5.78 Å². The van der Waals surface area contributed by atoms with Crippen molar-refractivity contribution in [1.29, 1.82) is 0 Å². The van der Waals surface area contributed by atoms with Gasteiger partial charge in [-0.25, -0.2) is 0 Å². The summed E-state index contributed by atoms with van der Waals surface area (Å²) in [7, 11) is 0. The molecule has 0 spiro atoms. The summed E-state index contributed by atoms with van der Waals surface area (Å²) >= 11 is 7.56. The van der Waals surface area contributed by atoms with E-state index in [1.54, 1.807) is 18.7 Å². The summed E-state index contributed by atoms with van der Waals surface area (Å²) in [4.78, 5) is 10.9. The van der Waals surface area contributed by atoms with Crippen molar-refractivity contribution in [2.45, 2.75) is 38.4 Å². The zero-order valence-corrected chi connectivity index (χ0v) is 13.7. The van der Waals surface area contributed by atoms with Gasteiger partial charge in [-0.3, -0.25) is 0 Å². The number of carbonyl (C=O) groups is 1. The molecule has 0 fully saturated rings. The first kappa shape index (κ1) is 16.0. The van der Waals surface area contributed by atoms with Gasteiger partial charge in [0.25, 0.3) is 0 Å². The molecule has 0 aliphatic heterocycles. The monoisotopic (exact) mass is 323 g/mol. The van der Waals surface area contributed by atoms with E-state index in [9.17, 15) is 4.79 Å². The Morgan fingerprint density at radius 2 is 2.00 bits per heavy atom. The number of nitrogens with zero attached hydrogens (tertiary/aromatic N) is 3. The van der Waals surface area contributed by atoms with Crippen LogP contribution >= 0.6 is 23.4 Å². The van der Waals surface area contributed by atoms with Crippen LogP contribution in [0.4, 0.5) is 0 Å². The van der Waals surface area contributed by atoms with Gasteiger partial charge in [-0.1, -0.05) is 23.4 Å². The molecule has 2 aromatic rings. The normalized spacial score (nSPS) is 10.8. The van der Waals surface area contributed by atoms with Crippen molar-refractivity contribution >= 4 is 29.1 Å². The molecule has 0 unspecified atom stereocenters. The Bertz CT molecular complexity index is 610. The molecule has 1 heterocycles. The van der Waals surface area contributed by atoms with Gasteiger partial charge >= 0.3 is 0 Å². The minimum atomic E-state index is 0.231. The second-order valence-electron chi connectivity index (χ2n) is 4.71. The van der Waals surface area contributed by atoms with Crippen molar-refractivity contribution in [3.05, 3.63) is 29.3 Å². The first-order valence-electron chi connectivity index (χ1n) is 6.93. The summed E-state index contributed by atoms with van der Waals surface area (Å²) in [6.45, 7) is 4.50. The number of aromatic nitrogens is 3. The van der Waals surface area contributed by atoms with Gasteiger partial charge in [0.15, 0.2) is 11.0 Å². The van der Waals surface area contributed by atoms with Crippen LogP contribution in [0, 0.1) is 0 Å². The summed E-state index contributed by atoms with van der Waals surface area (Å²) in [6.07, 6.45) is 1.49. The van der Waals surface area contributed by atoms with Gasteiger partial charge in [0.2, 0.25) is 0 Å². The fourth-order valence-corrected chi connectivity index (χ4v) is 3.04. The summed E-state index contributed by atoms with van der Waals surface area (Å²) < 4.78 is 2.08. The predicted octanol–water partition coefficient (Wildman–Crippen LogP) is 4.08. The molecule has 0 atom stereocenters. The molecule has 0 aliphatic rings. The predicted molar refractivity (Wildman–Crippen MR) is 86.8 cm³/mol. The van der Waals surface area contributed by atoms with E-state index in [4.69, 9.17) is 11.6 Å². The molecule has 2 rings (SSSR count). The Morgan fingerprint density at radius 3 is 2.62 bits per heavy atom. The molecule has 0 bridgehead atoms. The average Bonchev–Trinajstić information content (AvgIpc) is 2.87. The fourth-order valence-electron chi connectivity index (χ4n) is 1.98. The standard InChI is InChI=1S/C15H18ClN3OS/c1-3-19-14(12-6-8-13(16)9-7-12)17-18-15(19)21-10-4-5-11(2)20/h6-9H,3-5,10H2,1-2H3. The van der Waals surface area contributed by atoms with E-state index in [1.807, 2.05) is 24.3 Å². The third-order valence-corrected chi connectivity index (χ3v) is 4.34. The van der Waals surface area contributed by atoms with Crippen LogP contribution in [-0.4, -0.2) is 26.3 Å². The van der Waals surface area contributed by atoms with Crippen LogP contribution in [0.1, 0.15) is 26.7 Å². The number of hydrogen-bond acceptors (Lipinski definition) is 4. The van der Waals surface area contributed by atoms with Gasteiger partial charge < -0.3 is 9.36 Å². The summed E-state index contributed by atoms with van der Waals surface area (Å²) in [5.41, 5.74) is 1.00. The van der Waals surface area contributed by atoms with Gasteiger partial charge in [-0.15, -0.1) is 10.2 Å². The maximum absolute atomic E-state index is 10.9. The van der Waals surface area contributed by atoms with Crippen molar-refractivity contribution < 1.29 is 4.79 Å². The highest BCUT2D eigenvalue weighted by Gasteiger charge is 2.12. The molecule has 0 radical (unpaired) electrons. The van der Waals surface area contributed by atoms with E-state index in [0.717, 1.165) is 35.3 Å². The number of Topliss-reactive ketones (excluding diaryl/α,β-unsaturated/α-hetero) is 1. The molecule has 0 aliphatic carbocycles. The minimum absolute atomic E-state index is 0.231. The topological polar surface area (TPSA) is 47.8 Å². The summed E-state index contributed by atoms with van der Waals surface area (Å²) in [5.74, 6) is 1.95. The highest BCUT2D eigenvalue weighted by molar-refractivity contribution is 7.99. The highest BCUT2D eigenvalue weighted by atomic mass is 35.5. The van der Waals surface area contributed by atoms with Crippen LogP contribution in [0.5, 0.6) is 0 Å². The van der Waals surface area contributed by atoms with E-state index in [2.05, 4.69) is 21.7 Å². The second kappa shape index (κ2) is 7.61. The lowest BCUT2D eigenvalue weighted by Gasteiger charge is -2.07. The molecule has 0 amide bonds. The van der Waals surface area contributed by atoms with Crippen LogP contribution in [0.3, 0.4) is 0 Å². The lowest BCUT2D eigenvalue weighted by Crippen LogP contribution is -2.00.